The number of hydrazone groups is 1. The molecule has 5 nitrogen and oxygen atoms in total. The Kier molecular flexibility index (Phi) is 8.32. The Bertz CT molecular complexity index is 1070. The van der Waals surface area contributed by atoms with Crippen LogP contribution in [0.5, 0.6) is 0 Å². The van der Waals surface area contributed by atoms with Crippen molar-refractivity contribution in [1.82, 2.24) is 5.43 Å². The van der Waals surface area contributed by atoms with E-state index in [0.717, 1.165) is 42.5 Å². The van der Waals surface area contributed by atoms with Crippen molar-refractivity contribution in [2.24, 2.45) is 5.10 Å². The minimum atomic E-state index is -0.287. The van der Waals surface area contributed by atoms with E-state index in [4.69, 9.17) is 0 Å². The summed E-state index contributed by atoms with van der Waals surface area (Å²) in [6.07, 6.45) is 4.08. The Balaban J connectivity index is 1.64. The summed E-state index contributed by atoms with van der Waals surface area (Å²) in [4.78, 5) is 25.0. The number of hydrogen-bond donors (Lipinski definition) is 2. The van der Waals surface area contributed by atoms with Gasteiger partial charge in [-0.25, -0.2) is 5.43 Å². The number of nitrogens with one attached hydrogen (secondary N) is 2. The van der Waals surface area contributed by atoms with Crippen LogP contribution in [0.4, 0.5) is 5.69 Å². The van der Waals surface area contributed by atoms with E-state index in [1.54, 1.807) is 30.3 Å². The molecule has 3 rings (SSSR count). The van der Waals surface area contributed by atoms with E-state index in [0.29, 0.717) is 16.8 Å². The summed E-state index contributed by atoms with van der Waals surface area (Å²) in [6, 6.07) is 24.1. The first-order chi connectivity index (χ1) is 15.6. The fourth-order valence-electron chi connectivity index (χ4n) is 3.32. The van der Waals surface area contributed by atoms with E-state index in [1.807, 2.05) is 55.5 Å². The van der Waals surface area contributed by atoms with Gasteiger partial charge in [0.05, 0.1) is 5.71 Å². The second kappa shape index (κ2) is 11.6. The Morgan fingerprint density at radius 1 is 0.781 bits per heavy atom. The zero-order valence-corrected chi connectivity index (χ0v) is 18.6. The lowest BCUT2D eigenvalue weighted by Crippen LogP contribution is -2.20. The highest BCUT2D eigenvalue weighted by Gasteiger charge is 2.09. The van der Waals surface area contributed by atoms with Gasteiger partial charge in [0.2, 0.25) is 0 Å². The molecule has 0 radical (unpaired) electrons. The molecule has 0 heterocycles. The minimum Gasteiger partial charge on any atom is -0.322 e. The average molecular weight is 428 g/mol. The van der Waals surface area contributed by atoms with Gasteiger partial charge in [-0.2, -0.15) is 5.10 Å². The number of aryl methyl sites for hydroxylation is 1. The third-order valence-corrected chi connectivity index (χ3v) is 5.10. The Labute approximate surface area is 189 Å². The van der Waals surface area contributed by atoms with Crippen LogP contribution in [0.1, 0.15) is 64.4 Å². The van der Waals surface area contributed by atoms with Crippen LogP contribution in [-0.4, -0.2) is 17.5 Å². The van der Waals surface area contributed by atoms with E-state index >= 15 is 0 Å². The van der Waals surface area contributed by atoms with E-state index in [9.17, 15) is 9.59 Å². The number of carbonyl (C=O) groups excluding carboxylic acids is 2. The number of amides is 2. The van der Waals surface area contributed by atoms with Crippen molar-refractivity contribution in [2.75, 3.05) is 5.32 Å². The largest absolute Gasteiger partial charge is 0.322 e. The maximum atomic E-state index is 12.6. The molecule has 0 aliphatic carbocycles. The molecule has 2 N–H and O–H groups in total. The topological polar surface area (TPSA) is 70.6 Å². The Hall–Kier alpha value is -3.73. The Morgan fingerprint density at radius 3 is 2.19 bits per heavy atom. The van der Waals surface area contributed by atoms with Gasteiger partial charge in [0.15, 0.2) is 0 Å². The molecule has 0 atom stereocenters. The number of benzene rings is 3. The molecule has 0 spiro atoms. The molecular formula is C27H29N3O2. The van der Waals surface area contributed by atoms with E-state index < -0.39 is 0 Å². The second-order valence-corrected chi connectivity index (χ2v) is 7.72. The van der Waals surface area contributed by atoms with Gasteiger partial charge < -0.3 is 5.32 Å². The van der Waals surface area contributed by atoms with Gasteiger partial charge in [-0.1, -0.05) is 67.8 Å². The van der Waals surface area contributed by atoms with Crippen LogP contribution in [0.15, 0.2) is 84.0 Å². The lowest BCUT2D eigenvalue weighted by Gasteiger charge is -2.09. The average Bonchev–Trinajstić information content (AvgIpc) is 2.82. The standard InChI is InChI=1S/C27H29N3O2/c1-3-4-6-14-25(21-11-7-5-8-12-21)29-30-27(32)22-15-17-24(18-16-22)28-26(31)23-13-9-10-20(2)19-23/h5,7-13,15-19H,3-4,6,14H2,1-2H3,(H,28,31)(H,30,32). The summed E-state index contributed by atoms with van der Waals surface area (Å²) in [6.45, 7) is 4.10. The fourth-order valence-corrected chi connectivity index (χ4v) is 3.32. The molecule has 0 aromatic heterocycles. The van der Waals surface area contributed by atoms with Gasteiger partial charge in [-0.15, -0.1) is 0 Å². The van der Waals surface area contributed by atoms with Crippen molar-refractivity contribution < 1.29 is 9.59 Å². The third-order valence-electron chi connectivity index (χ3n) is 5.10. The van der Waals surface area contributed by atoms with Crippen LogP contribution < -0.4 is 10.7 Å². The number of hydrogen-bond acceptors (Lipinski definition) is 3. The van der Waals surface area contributed by atoms with Crippen molar-refractivity contribution in [1.29, 1.82) is 0 Å². The summed E-state index contributed by atoms with van der Waals surface area (Å²) >= 11 is 0. The molecule has 32 heavy (non-hydrogen) atoms. The molecule has 3 aromatic rings. The highest BCUT2D eigenvalue weighted by Crippen LogP contribution is 2.13. The van der Waals surface area contributed by atoms with Gasteiger partial charge in [0.25, 0.3) is 11.8 Å². The third kappa shape index (κ3) is 6.64. The zero-order valence-electron chi connectivity index (χ0n) is 18.6. The number of unbranched alkanes of at least 4 members (excludes halogenated alkanes) is 2. The molecule has 0 bridgehead atoms. The van der Waals surface area contributed by atoms with Crippen LogP contribution in [0.25, 0.3) is 0 Å². The first kappa shape index (κ1) is 22.9. The minimum absolute atomic E-state index is 0.185. The molecule has 0 aliphatic rings. The quantitative estimate of drug-likeness (QED) is 0.251. The van der Waals surface area contributed by atoms with Crippen LogP contribution in [0.2, 0.25) is 0 Å². The van der Waals surface area contributed by atoms with Crippen LogP contribution in [0, 0.1) is 6.92 Å². The van der Waals surface area contributed by atoms with Crippen molar-refractivity contribution in [3.63, 3.8) is 0 Å². The van der Waals surface area contributed by atoms with Gasteiger partial charge >= 0.3 is 0 Å². The molecule has 3 aromatic carbocycles. The van der Waals surface area contributed by atoms with Gasteiger partial charge in [0, 0.05) is 16.8 Å². The highest BCUT2D eigenvalue weighted by molar-refractivity contribution is 6.05. The number of rotatable bonds is 9. The second-order valence-electron chi connectivity index (χ2n) is 7.72. The molecular weight excluding hydrogens is 398 g/mol. The van der Waals surface area contributed by atoms with Crippen molar-refractivity contribution in [3.05, 3.63) is 101 Å². The van der Waals surface area contributed by atoms with Crippen LogP contribution >= 0.6 is 0 Å². The first-order valence-electron chi connectivity index (χ1n) is 11.0. The summed E-state index contributed by atoms with van der Waals surface area (Å²) in [7, 11) is 0. The first-order valence-corrected chi connectivity index (χ1v) is 11.0. The smallest absolute Gasteiger partial charge is 0.271 e. The van der Waals surface area contributed by atoms with Crippen molar-refractivity contribution in [3.8, 4) is 0 Å². The normalized spacial score (nSPS) is 11.1. The van der Waals surface area contributed by atoms with Crippen molar-refractivity contribution in [2.45, 2.75) is 39.5 Å². The summed E-state index contributed by atoms with van der Waals surface area (Å²) < 4.78 is 0. The zero-order chi connectivity index (χ0) is 22.8. The van der Waals surface area contributed by atoms with E-state index in [-0.39, 0.29) is 11.8 Å². The van der Waals surface area contributed by atoms with E-state index in [2.05, 4.69) is 22.8 Å². The van der Waals surface area contributed by atoms with Crippen LogP contribution in [-0.2, 0) is 0 Å². The summed E-state index contributed by atoms with van der Waals surface area (Å²) in [5.41, 5.74) is 7.28. The predicted molar refractivity (Wildman–Crippen MR) is 130 cm³/mol. The van der Waals surface area contributed by atoms with Crippen molar-refractivity contribution >= 4 is 23.2 Å². The fraction of sp³-hybridized carbons (Fsp3) is 0.222. The molecule has 0 fully saturated rings. The van der Waals surface area contributed by atoms with Crippen LogP contribution in [0.3, 0.4) is 0 Å². The molecule has 0 aliphatic heterocycles. The SMILES string of the molecule is CCCCCC(=NNC(=O)c1ccc(NC(=O)c2cccc(C)c2)cc1)c1ccccc1. The van der Waals surface area contributed by atoms with Gasteiger partial charge in [-0.05, 0) is 61.7 Å². The molecule has 0 saturated heterocycles. The molecule has 0 saturated carbocycles. The molecule has 0 unspecified atom stereocenters. The lowest BCUT2D eigenvalue weighted by molar-refractivity contribution is 0.0954. The molecule has 2 amide bonds. The Morgan fingerprint density at radius 2 is 1.50 bits per heavy atom. The lowest BCUT2D eigenvalue weighted by atomic mass is 10.0. The monoisotopic (exact) mass is 427 g/mol. The molecule has 5 heteroatoms. The highest BCUT2D eigenvalue weighted by atomic mass is 16.2. The number of carbonyl (C=O) groups is 2. The van der Waals surface area contributed by atoms with Gasteiger partial charge in [-0.3, -0.25) is 9.59 Å². The number of nitrogens with zero attached hydrogens (tertiary/aromatic N) is 1. The summed E-state index contributed by atoms with van der Waals surface area (Å²) in [5, 5.41) is 7.26. The van der Waals surface area contributed by atoms with Gasteiger partial charge in [0.1, 0.15) is 0 Å². The summed E-state index contributed by atoms with van der Waals surface area (Å²) in [5.74, 6) is -0.472. The predicted octanol–water partition coefficient (Wildman–Crippen LogP) is 5.96. The maximum Gasteiger partial charge on any atom is 0.271 e. The number of anilines is 1. The van der Waals surface area contributed by atoms with E-state index in [1.165, 1.54) is 0 Å². The molecule has 164 valence electrons. The maximum absolute atomic E-state index is 12.6.